The van der Waals surface area contributed by atoms with Crippen molar-refractivity contribution in [3.05, 3.63) is 52.1 Å². The largest absolute Gasteiger partial charge is 0.394 e. The van der Waals surface area contributed by atoms with E-state index < -0.39 is 11.9 Å². The quantitative estimate of drug-likeness (QED) is 0.907. The molecule has 1 aromatic carbocycles. The first-order valence-corrected chi connectivity index (χ1v) is 6.67. The Labute approximate surface area is 126 Å². The van der Waals surface area contributed by atoms with E-state index in [1.54, 1.807) is 24.7 Å². The number of aromatic nitrogens is 2. The number of nitrogens with zero attached hydrogens (tertiary/aromatic N) is 2. The zero-order valence-electron chi connectivity index (χ0n) is 11.6. The molecule has 21 heavy (non-hydrogen) atoms. The third kappa shape index (κ3) is 3.22. The summed E-state index contributed by atoms with van der Waals surface area (Å²) < 4.78 is 15.0. The summed E-state index contributed by atoms with van der Waals surface area (Å²) in [7, 11) is 1.73. The predicted molar refractivity (Wildman–Crippen MR) is 76.6 cm³/mol. The molecule has 1 heterocycles. The van der Waals surface area contributed by atoms with Gasteiger partial charge in [0.25, 0.3) is 5.91 Å². The summed E-state index contributed by atoms with van der Waals surface area (Å²) in [4.78, 5) is 12.2. The van der Waals surface area contributed by atoms with E-state index in [-0.39, 0.29) is 17.5 Å². The molecule has 0 radical (unpaired) electrons. The molecule has 2 aromatic rings. The van der Waals surface area contributed by atoms with Crippen LogP contribution in [-0.2, 0) is 7.05 Å². The Balaban J connectivity index is 2.20. The number of halogens is 2. The van der Waals surface area contributed by atoms with Crippen LogP contribution in [0, 0.1) is 12.7 Å². The van der Waals surface area contributed by atoms with Crippen molar-refractivity contribution in [3.8, 4) is 0 Å². The maximum atomic E-state index is 13.5. The Hall–Kier alpha value is -1.92. The van der Waals surface area contributed by atoms with Crippen molar-refractivity contribution in [2.75, 3.05) is 6.61 Å². The monoisotopic (exact) mass is 311 g/mol. The minimum Gasteiger partial charge on any atom is -0.394 e. The van der Waals surface area contributed by atoms with Crippen LogP contribution in [0.3, 0.4) is 0 Å². The fourth-order valence-electron chi connectivity index (χ4n) is 1.92. The Morgan fingerprint density at radius 2 is 2.29 bits per heavy atom. The highest BCUT2D eigenvalue weighted by molar-refractivity contribution is 6.30. The molecule has 112 valence electrons. The fourth-order valence-corrected chi connectivity index (χ4v) is 2.04. The van der Waals surface area contributed by atoms with Gasteiger partial charge in [0.2, 0.25) is 0 Å². The van der Waals surface area contributed by atoms with Crippen molar-refractivity contribution in [2.24, 2.45) is 7.05 Å². The minimum atomic E-state index is -0.719. The van der Waals surface area contributed by atoms with Crippen LogP contribution >= 0.6 is 11.6 Å². The molecule has 1 aromatic heterocycles. The van der Waals surface area contributed by atoms with E-state index in [1.165, 1.54) is 18.3 Å². The summed E-state index contributed by atoms with van der Waals surface area (Å²) in [6.45, 7) is 1.41. The van der Waals surface area contributed by atoms with E-state index in [0.717, 1.165) is 0 Å². The van der Waals surface area contributed by atoms with Gasteiger partial charge in [0.05, 0.1) is 29.4 Å². The molecule has 0 aliphatic rings. The number of benzene rings is 1. The van der Waals surface area contributed by atoms with E-state index in [1.807, 2.05) is 0 Å². The lowest BCUT2D eigenvalue weighted by Gasteiger charge is -2.17. The molecular weight excluding hydrogens is 297 g/mol. The second-order valence-corrected chi connectivity index (χ2v) is 5.06. The Morgan fingerprint density at radius 1 is 1.57 bits per heavy atom. The van der Waals surface area contributed by atoms with E-state index in [0.29, 0.717) is 16.8 Å². The summed E-state index contributed by atoms with van der Waals surface area (Å²) in [5, 5.41) is 16.0. The second kappa shape index (κ2) is 6.24. The maximum absolute atomic E-state index is 13.5. The van der Waals surface area contributed by atoms with E-state index in [9.17, 15) is 14.3 Å². The third-order valence-corrected chi connectivity index (χ3v) is 3.62. The van der Waals surface area contributed by atoms with Gasteiger partial charge in [0, 0.05) is 12.7 Å². The predicted octanol–water partition coefficient (Wildman–Crippen LogP) is 1.98. The van der Waals surface area contributed by atoms with Gasteiger partial charge >= 0.3 is 0 Å². The lowest BCUT2D eigenvalue weighted by molar-refractivity contribution is 0.0915. The number of aliphatic hydroxyl groups is 1. The van der Waals surface area contributed by atoms with Crippen LogP contribution in [0.1, 0.15) is 27.7 Å². The molecule has 0 spiro atoms. The van der Waals surface area contributed by atoms with Crippen molar-refractivity contribution < 1.29 is 14.3 Å². The van der Waals surface area contributed by atoms with Crippen molar-refractivity contribution in [1.29, 1.82) is 0 Å². The van der Waals surface area contributed by atoms with Crippen molar-refractivity contribution in [3.63, 3.8) is 0 Å². The van der Waals surface area contributed by atoms with Gasteiger partial charge in [-0.2, -0.15) is 5.10 Å². The van der Waals surface area contributed by atoms with Crippen LogP contribution in [-0.4, -0.2) is 27.4 Å². The standard InChI is InChI=1S/C14H15ClFN3O2/c1-8-10(6-17-19(8)2)14(21)18-13(7-20)9-3-4-11(15)12(16)5-9/h3-6,13,20H,7H2,1-2H3,(H,18,21). The number of rotatable bonds is 4. The highest BCUT2D eigenvalue weighted by Gasteiger charge is 2.19. The van der Waals surface area contributed by atoms with Crippen molar-refractivity contribution >= 4 is 17.5 Å². The number of aliphatic hydroxyl groups excluding tert-OH is 1. The number of amides is 1. The number of nitrogens with one attached hydrogen (secondary N) is 1. The molecule has 1 unspecified atom stereocenters. The molecule has 0 fully saturated rings. The second-order valence-electron chi connectivity index (χ2n) is 4.65. The Kier molecular flexibility index (Phi) is 4.59. The molecule has 1 amide bonds. The molecular formula is C14H15ClFN3O2. The first kappa shape index (κ1) is 15.5. The number of carbonyl (C=O) groups is 1. The van der Waals surface area contributed by atoms with Gasteiger partial charge in [-0.15, -0.1) is 0 Å². The molecule has 2 N–H and O–H groups in total. The average Bonchev–Trinajstić information content (AvgIpc) is 2.79. The van der Waals surface area contributed by atoms with Crippen molar-refractivity contribution in [2.45, 2.75) is 13.0 Å². The minimum absolute atomic E-state index is 0.00938. The Morgan fingerprint density at radius 3 is 2.81 bits per heavy atom. The smallest absolute Gasteiger partial charge is 0.255 e. The van der Waals surface area contributed by atoms with E-state index >= 15 is 0 Å². The molecule has 0 aliphatic heterocycles. The van der Waals surface area contributed by atoms with Crippen LogP contribution in [0.25, 0.3) is 0 Å². The van der Waals surface area contributed by atoms with Gasteiger partial charge < -0.3 is 10.4 Å². The summed E-state index contributed by atoms with van der Waals surface area (Å²) in [6, 6.07) is 3.42. The van der Waals surface area contributed by atoms with Crippen LogP contribution in [0.15, 0.2) is 24.4 Å². The average molecular weight is 312 g/mol. The molecule has 0 saturated carbocycles. The van der Waals surface area contributed by atoms with Gasteiger partial charge in [-0.05, 0) is 24.6 Å². The third-order valence-electron chi connectivity index (χ3n) is 3.31. The zero-order valence-corrected chi connectivity index (χ0v) is 12.4. The molecule has 2 rings (SSSR count). The topological polar surface area (TPSA) is 67.2 Å². The van der Waals surface area contributed by atoms with Gasteiger partial charge in [0.1, 0.15) is 5.82 Å². The summed E-state index contributed by atoms with van der Waals surface area (Å²) >= 11 is 5.62. The molecule has 7 heteroatoms. The Bertz CT molecular complexity index is 672. The van der Waals surface area contributed by atoms with Gasteiger partial charge in [-0.25, -0.2) is 4.39 Å². The lowest BCUT2D eigenvalue weighted by Crippen LogP contribution is -2.31. The van der Waals surface area contributed by atoms with E-state index in [4.69, 9.17) is 11.6 Å². The number of aryl methyl sites for hydroxylation is 1. The number of hydrogen-bond acceptors (Lipinski definition) is 3. The highest BCUT2D eigenvalue weighted by Crippen LogP contribution is 2.20. The molecule has 5 nitrogen and oxygen atoms in total. The molecule has 1 atom stereocenters. The normalized spacial score (nSPS) is 12.2. The maximum Gasteiger partial charge on any atom is 0.255 e. The van der Waals surface area contributed by atoms with Gasteiger partial charge in [-0.1, -0.05) is 17.7 Å². The summed E-state index contributed by atoms with van der Waals surface area (Å²) in [5.41, 5.74) is 1.55. The van der Waals surface area contributed by atoms with Crippen LogP contribution in [0.2, 0.25) is 5.02 Å². The van der Waals surface area contributed by atoms with E-state index in [2.05, 4.69) is 10.4 Å². The van der Waals surface area contributed by atoms with Gasteiger partial charge in [-0.3, -0.25) is 9.48 Å². The van der Waals surface area contributed by atoms with Crippen LogP contribution in [0.4, 0.5) is 4.39 Å². The van der Waals surface area contributed by atoms with Gasteiger partial charge in [0.15, 0.2) is 0 Å². The fraction of sp³-hybridized carbons (Fsp3) is 0.286. The lowest BCUT2D eigenvalue weighted by atomic mass is 10.1. The number of carbonyl (C=O) groups excluding carboxylic acids is 1. The number of hydrogen-bond donors (Lipinski definition) is 2. The summed E-state index contributed by atoms with van der Waals surface area (Å²) in [6.07, 6.45) is 1.45. The first-order valence-electron chi connectivity index (χ1n) is 6.29. The van der Waals surface area contributed by atoms with Crippen LogP contribution in [0.5, 0.6) is 0 Å². The SMILES string of the molecule is Cc1c(C(=O)NC(CO)c2ccc(Cl)c(F)c2)cnn1C. The first-order chi connectivity index (χ1) is 9.93. The summed E-state index contributed by atoms with van der Waals surface area (Å²) in [5.74, 6) is -0.977. The molecule has 0 saturated heterocycles. The van der Waals surface area contributed by atoms with Crippen molar-refractivity contribution in [1.82, 2.24) is 15.1 Å². The zero-order chi connectivity index (χ0) is 15.6. The molecule has 0 aliphatic carbocycles. The van der Waals surface area contributed by atoms with Crippen LogP contribution < -0.4 is 5.32 Å². The molecule has 0 bridgehead atoms. The highest BCUT2D eigenvalue weighted by atomic mass is 35.5.